The minimum Gasteiger partial charge on any atom is -0.433 e. The van der Waals surface area contributed by atoms with Crippen LogP contribution >= 0.6 is 0 Å². The predicted molar refractivity (Wildman–Crippen MR) is 132 cm³/mol. The number of hydrogen-bond acceptors (Lipinski definition) is 9. The molecule has 2 aromatic heterocycles. The number of alkyl halides is 2. The van der Waals surface area contributed by atoms with Crippen LogP contribution in [0.5, 0.6) is 5.75 Å². The van der Waals surface area contributed by atoms with Gasteiger partial charge in [-0.1, -0.05) is 12.1 Å². The normalized spacial score (nSPS) is 11.3. The summed E-state index contributed by atoms with van der Waals surface area (Å²) in [5.74, 6) is 0.0489. The molecular weight excluding hydrogens is 474 g/mol. The zero-order valence-corrected chi connectivity index (χ0v) is 19.8. The van der Waals surface area contributed by atoms with Crippen molar-refractivity contribution >= 4 is 33.9 Å². The van der Waals surface area contributed by atoms with Crippen LogP contribution in [0.25, 0.3) is 22.3 Å². The first-order valence-corrected chi connectivity index (χ1v) is 10.9. The highest BCUT2D eigenvalue weighted by molar-refractivity contribution is 5.92. The van der Waals surface area contributed by atoms with Gasteiger partial charge in [-0.05, 0) is 26.2 Å². The Balaban J connectivity index is 1.73. The van der Waals surface area contributed by atoms with E-state index in [2.05, 4.69) is 25.3 Å². The maximum atomic E-state index is 13.2. The Hall–Kier alpha value is -4.39. The molecule has 2 heterocycles. The van der Waals surface area contributed by atoms with Crippen molar-refractivity contribution in [3.63, 3.8) is 0 Å². The van der Waals surface area contributed by atoms with E-state index < -0.39 is 11.5 Å². The van der Waals surface area contributed by atoms with Crippen molar-refractivity contribution < 1.29 is 18.4 Å². The highest BCUT2D eigenvalue weighted by Crippen LogP contribution is 2.39. The van der Waals surface area contributed by atoms with Crippen molar-refractivity contribution in [1.82, 2.24) is 24.8 Å². The van der Waals surface area contributed by atoms with Gasteiger partial charge in [0.15, 0.2) is 11.6 Å². The predicted octanol–water partition coefficient (Wildman–Crippen LogP) is 4.27. The van der Waals surface area contributed by atoms with Gasteiger partial charge in [-0.3, -0.25) is 10.1 Å². The highest BCUT2D eigenvalue weighted by atomic mass is 19.3. The van der Waals surface area contributed by atoms with Crippen molar-refractivity contribution in [2.75, 3.05) is 44.4 Å². The number of halogens is 2. The minimum atomic E-state index is -3.15. The molecule has 2 aromatic carbocycles. The maximum absolute atomic E-state index is 13.2. The summed E-state index contributed by atoms with van der Waals surface area (Å²) < 4.78 is 31.2. The number of nitro groups is 1. The number of hydrogen-bond donors (Lipinski definition) is 2. The van der Waals surface area contributed by atoms with Crippen molar-refractivity contribution in [3.05, 3.63) is 59.0 Å². The van der Waals surface area contributed by atoms with Gasteiger partial charge in [0.2, 0.25) is 5.95 Å². The number of benzene rings is 2. The molecule has 188 valence electrons. The van der Waals surface area contributed by atoms with Gasteiger partial charge in [0.1, 0.15) is 12.0 Å². The third kappa shape index (κ3) is 5.46. The average Bonchev–Trinajstić information content (AvgIpc) is 3.32. The molecule has 0 atom stereocenters. The summed E-state index contributed by atoms with van der Waals surface area (Å²) >= 11 is 0. The van der Waals surface area contributed by atoms with Gasteiger partial charge in [-0.15, -0.1) is 0 Å². The van der Waals surface area contributed by atoms with Crippen LogP contribution in [0.3, 0.4) is 0 Å². The van der Waals surface area contributed by atoms with Crippen LogP contribution in [0, 0.1) is 10.1 Å². The van der Waals surface area contributed by atoms with Crippen molar-refractivity contribution in [2.45, 2.75) is 6.61 Å². The van der Waals surface area contributed by atoms with Crippen molar-refractivity contribution in [3.8, 4) is 17.1 Å². The third-order valence-corrected chi connectivity index (χ3v) is 5.43. The summed E-state index contributed by atoms with van der Waals surface area (Å²) in [5.41, 5.74) is 1.29. The lowest BCUT2D eigenvalue weighted by Gasteiger charge is -2.23. The summed E-state index contributed by atoms with van der Waals surface area (Å²) in [7, 11) is 5.37. The fourth-order valence-electron chi connectivity index (χ4n) is 3.65. The topological polar surface area (TPSA) is 125 Å². The molecule has 0 unspecified atom stereocenters. The number of fused-ring (bicyclic) bond motifs is 1. The molecule has 0 spiro atoms. The van der Waals surface area contributed by atoms with Gasteiger partial charge < -0.3 is 24.8 Å². The van der Waals surface area contributed by atoms with Crippen LogP contribution in [0.1, 0.15) is 0 Å². The molecule has 0 aliphatic rings. The van der Waals surface area contributed by atoms with E-state index in [1.807, 2.05) is 43.3 Å². The smallest absolute Gasteiger partial charge is 0.387 e. The Bertz CT molecular complexity index is 1380. The molecule has 0 fully saturated rings. The lowest BCUT2D eigenvalue weighted by molar-refractivity contribution is -0.384. The second-order valence-corrected chi connectivity index (χ2v) is 8.20. The van der Waals surface area contributed by atoms with E-state index in [0.29, 0.717) is 24.5 Å². The van der Waals surface area contributed by atoms with Gasteiger partial charge >= 0.3 is 6.61 Å². The number of para-hydroxylation sites is 1. The summed E-state index contributed by atoms with van der Waals surface area (Å²) in [4.78, 5) is 30.6. The van der Waals surface area contributed by atoms with Crippen molar-refractivity contribution in [2.24, 2.45) is 0 Å². The summed E-state index contributed by atoms with van der Waals surface area (Å²) in [5, 5.41) is 15.6. The summed E-state index contributed by atoms with van der Waals surface area (Å²) in [6.45, 7) is -2.12. The number of nitrogens with one attached hydrogen (secondary N) is 2. The molecule has 0 aliphatic heterocycles. The van der Waals surface area contributed by atoms with E-state index in [9.17, 15) is 18.9 Å². The number of likely N-dealkylation sites (N-methyl/N-ethyl adjacent to an activating group) is 2. The monoisotopic (exact) mass is 498 g/mol. The van der Waals surface area contributed by atoms with Crippen molar-refractivity contribution in [1.29, 1.82) is 0 Å². The number of nitro benzene ring substituents is 1. The Labute approximate surface area is 204 Å². The Morgan fingerprint density at radius 3 is 2.69 bits per heavy atom. The van der Waals surface area contributed by atoms with E-state index in [4.69, 9.17) is 4.74 Å². The zero-order valence-electron chi connectivity index (χ0n) is 19.8. The minimum absolute atomic E-state index is 0.00526. The standard InChI is InChI=1S/C23H24F2N8O3/c1-31(2)9-10-32(3)17-12-19(36-22(24)25)16(11-18(17)33(34)35)29-23-28-13-27-21(30-23)15-6-4-5-14-7-8-26-20(14)15/h4-8,11-13,22,26H,9-10H2,1-3H3,(H,27,28,29,30). The van der Waals surface area contributed by atoms with Crippen LogP contribution in [0.15, 0.2) is 48.9 Å². The number of aromatic amines is 1. The van der Waals surface area contributed by atoms with Crippen LogP contribution in [-0.2, 0) is 0 Å². The molecule has 0 aliphatic carbocycles. The molecule has 13 heteroatoms. The number of aromatic nitrogens is 4. The lowest BCUT2D eigenvalue weighted by atomic mass is 10.1. The average molecular weight is 498 g/mol. The first-order valence-electron chi connectivity index (χ1n) is 10.9. The fourth-order valence-corrected chi connectivity index (χ4v) is 3.65. The molecule has 4 rings (SSSR count). The van der Waals surface area contributed by atoms with E-state index >= 15 is 0 Å². The number of ether oxygens (including phenoxy) is 1. The molecule has 0 bridgehead atoms. The van der Waals surface area contributed by atoms with Crippen LogP contribution in [-0.4, -0.2) is 70.6 Å². The van der Waals surface area contributed by atoms with E-state index in [1.165, 1.54) is 12.4 Å². The first kappa shape index (κ1) is 24.7. The second kappa shape index (κ2) is 10.5. The lowest BCUT2D eigenvalue weighted by Crippen LogP contribution is -2.29. The van der Waals surface area contributed by atoms with Crippen LogP contribution in [0.2, 0.25) is 0 Å². The molecule has 0 saturated carbocycles. The summed E-state index contributed by atoms with van der Waals surface area (Å²) in [6.07, 6.45) is 3.05. The van der Waals surface area contributed by atoms with Gasteiger partial charge in [0.05, 0.1) is 16.1 Å². The number of anilines is 3. The molecule has 11 nitrogen and oxygen atoms in total. The largest absolute Gasteiger partial charge is 0.433 e. The first-order chi connectivity index (χ1) is 17.2. The Kier molecular flexibility index (Phi) is 7.20. The Morgan fingerprint density at radius 2 is 1.97 bits per heavy atom. The number of rotatable bonds is 10. The maximum Gasteiger partial charge on any atom is 0.387 e. The van der Waals surface area contributed by atoms with Gasteiger partial charge in [-0.25, -0.2) is 9.97 Å². The molecule has 2 N–H and O–H groups in total. The van der Waals surface area contributed by atoms with E-state index in [0.717, 1.165) is 17.0 Å². The molecule has 0 amide bonds. The van der Waals surface area contributed by atoms with E-state index in [-0.39, 0.29) is 28.8 Å². The number of H-pyrrole nitrogens is 1. The van der Waals surface area contributed by atoms with Gasteiger partial charge in [-0.2, -0.15) is 13.8 Å². The highest BCUT2D eigenvalue weighted by Gasteiger charge is 2.24. The molecule has 0 saturated heterocycles. The quantitative estimate of drug-likeness (QED) is 0.243. The molecule has 36 heavy (non-hydrogen) atoms. The third-order valence-electron chi connectivity index (χ3n) is 5.43. The zero-order chi connectivity index (χ0) is 25.8. The molecule has 0 radical (unpaired) electrons. The van der Waals surface area contributed by atoms with Gasteiger partial charge in [0, 0.05) is 49.4 Å². The molecular formula is C23H24F2N8O3. The van der Waals surface area contributed by atoms with E-state index in [1.54, 1.807) is 18.1 Å². The van der Waals surface area contributed by atoms with Gasteiger partial charge in [0.25, 0.3) is 5.69 Å². The SMILES string of the molecule is CN(C)CCN(C)c1cc(OC(F)F)c(Nc2ncnc(-c3cccc4cc[nH]c34)n2)cc1[N+](=O)[O-]. The molecule has 4 aromatic rings. The number of nitrogens with zero attached hydrogens (tertiary/aromatic N) is 6. The second-order valence-electron chi connectivity index (χ2n) is 8.20. The summed E-state index contributed by atoms with van der Waals surface area (Å²) in [6, 6.07) is 9.86. The van der Waals surface area contributed by atoms with Crippen LogP contribution in [0.4, 0.5) is 31.8 Å². The fraction of sp³-hybridized carbons (Fsp3) is 0.261. The Morgan fingerprint density at radius 1 is 1.17 bits per heavy atom. The van der Waals surface area contributed by atoms with Crippen LogP contribution < -0.4 is 15.0 Å².